The topological polar surface area (TPSA) is 79.3 Å². The van der Waals surface area contributed by atoms with Gasteiger partial charge in [0.1, 0.15) is 5.60 Å². The number of likely N-dealkylation sites (tertiary alicyclic amines) is 2. The largest absolute Gasteiger partial charge is 0.465 e. The average molecular weight is 342 g/mol. The molecule has 2 rings (SSSR count). The number of rotatable bonds is 3. The normalized spacial score (nSPS) is 21.0. The van der Waals surface area contributed by atoms with Crippen molar-refractivity contribution in [2.75, 3.05) is 32.8 Å². The zero-order chi connectivity index (χ0) is 17.7. The summed E-state index contributed by atoms with van der Waals surface area (Å²) in [6, 6.07) is 0. The minimum absolute atomic E-state index is 0.182. The summed E-state index contributed by atoms with van der Waals surface area (Å²) in [4.78, 5) is 26.1. The number of nitrogens with zero attached hydrogens (tertiary/aromatic N) is 2. The molecule has 0 bridgehead atoms. The van der Waals surface area contributed by atoms with E-state index in [1.165, 1.54) is 4.90 Å². The maximum atomic E-state index is 12.0. The zero-order valence-electron chi connectivity index (χ0n) is 15.0. The molecule has 2 aliphatic heterocycles. The van der Waals surface area contributed by atoms with E-state index in [2.05, 4.69) is 0 Å². The predicted molar refractivity (Wildman–Crippen MR) is 89.1 cm³/mol. The molecule has 7 heteroatoms. The second-order valence-corrected chi connectivity index (χ2v) is 7.71. The number of hydrogen-bond donors (Lipinski definition) is 1. The lowest BCUT2D eigenvalue weighted by Gasteiger charge is -2.35. The van der Waals surface area contributed by atoms with E-state index >= 15 is 0 Å². The van der Waals surface area contributed by atoms with Crippen LogP contribution in [0.1, 0.15) is 46.5 Å². The van der Waals surface area contributed by atoms with Crippen LogP contribution in [0.2, 0.25) is 0 Å². The van der Waals surface area contributed by atoms with E-state index < -0.39 is 11.7 Å². The molecule has 24 heavy (non-hydrogen) atoms. The Morgan fingerprint density at radius 2 is 1.54 bits per heavy atom. The molecule has 0 radical (unpaired) electrons. The van der Waals surface area contributed by atoms with Crippen molar-refractivity contribution < 1.29 is 24.2 Å². The number of carboxylic acid groups (broad SMARTS) is 1. The van der Waals surface area contributed by atoms with E-state index in [4.69, 9.17) is 14.6 Å². The molecule has 2 amide bonds. The first-order valence-electron chi connectivity index (χ1n) is 8.82. The van der Waals surface area contributed by atoms with Crippen molar-refractivity contribution in [3.63, 3.8) is 0 Å². The smallest absolute Gasteiger partial charge is 0.410 e. The molecule has 0 aromatic heterocycles. The van der Waals surface area contributed by atoms with Gasteiger partial charge in [-0.1, -0.05) is 0 Å². The van der Waals surface area contributed by atoms with Crippen LogP contribution in [-0.2, 0) is 9.47 Å². The van der Waals surface area contributed by atoms with Crippen LogP contribution < -0.4 is 0 Å². The van der Waals surface area contributed by atoms with Crippen LogP contribution in [0.3, 0.4) is 0 Å². The van der Waals surface area contributed by atoms with Crippen LogP contribution in [0, 0.1) is 5.92 Å². The fourth-order valence-corrected chi connectivity index (χ4v) is 3.09. The summed E-state index contributed by atoms with van der Waals surface area (Å²) >= 11 is 0. The lowest BCUT2D eigenvalue weighted by molar-refractivity contribution is -0.0268. The molecule has 0 aliphatic carbocycles. The molecule has 138 valence electrons. The van der Waals surface area contributed by atoms with Crippen molar-refractivity contribution in [1.82, 2.24) is 9.80 Å². The molecule has 2 aliphatic rings. The molecule has 2 saturated heterocycles. The number of ether oxygens (including phenoxy) is 2. The molecule has 2 heterocycles. The zero-order valence-corrected chi connectivity index (χ0v) is 15.0. The molecule has 0 atom stereocenters. The fourth-order valence-electron chi connectivity index (χ4n) is 3.09. The van der Waals surface area contributed by atoms with Gasteiger partial charge in [0.2, 0.25) is 0 Å². The van der Waals surface area contributed by atoms with E-state index in [9.17, 15) is 9.59 Å². The lowest BCUT2D eigenvalue weighted by Crippen LogP contribution is -2.44. The molecule has 1 N–H and O–H groups in total. The van der Waals surface area contributed by atoms with E-state index in [0.717, 1.165) is 25.7 Å². The molecular weight excluding hydrogens is 312 g/mol. The highest BCUT2D eigenvalue weighted by molar-refractivity contribution is 5.68. The maximum Gasteiger partial charge on any atom is 0.410 e. The van der Waals surface area contributed by atoms with E-state index in [0.29, 0.717) is 38.7 Å². The van der Waals surface area contributed by atoms with Gasteiger partial charge >= 0.3 is 12.2 Å². The van der Waals surface area contributed by atoms with Crippen LogP contribution in [-0.4, -0.2) is 71.6 Å². The van der Waals surface area contributed by atoms with Gasteiger partial charge in [0.05, 0.1) is 6.10 Å². The summed E-state index contributed by atoms with van der Waals surface area (Å²) in [7, 11) is 0. The first kappa shape index (κ1) is 18.8. The quantitative estimate of drug-likeness (QED) is 0.853. The van der Waals surface area contributed by atoms with E-state index in [-0.39, 0.29) is 12.2 Å². The number of carbonyl (C=O) groups excluding carboxylic acids is 1. The van der Waals surface area contributed by atoms with E-state index in [1.54, 1.807) is 4.90 Å². The summed E-state index contributed by atoms with van der Waals surface area (Å²) in [6.45, 7) is 8.82. The Balaban J connectivity index is 1.63. The third kappa shape index (κ3) is 5.85. The highest BCUT2D eigenvalue weighted by Crippen LogP contribution is 2.21. The summed E-state index contributed by atoms with van der Waals surface area (Å²) in [5.74, 6) is 0.435. The molecule has 0 aromatic carbocycles. The van der Waals surface area contributed by atoms with Crippen LogP contribution >= 0.6 is 0 Å². The third-order valence-electron chi connectivity index (χ3n) is 4.55. The number of carbonyl (C=O) groups is 2. The number of amides is 2. The van der Waals surface area contributed by atoms with Crippen molar-refractivity contribution in [1.29, 1.82) is 0 Å². The van der Waals surface area contributed by atoms with Gasteiger partial charge in [-0.2, -0.15) is 0 Å². The van der Waals surface area contributed by atoms with Crippen LogP contribution in [0.4, 0.5) is 9.59 Å². The standard InChI is InChI=1S/C17H30N2O5/c1-17(2,3)24-16(22)19-10-6-14(7-11-19)23-12-13-4-8-18(9-5-13)15(20)21/h13-14H,4-12H2,1-3H3,(H,20,21). The van der Waals surface area contributed by atoms with Gasteiger partial charge in [0, 0.05) is 32.8 Å². The first-order valence-corrected chi connectivity index (χ1v) is 8.82. The van der Waals surface area contributed by atoms with Crippen molar-refractivity contribution in [3.05, 3.63) is 0 Å². The molecule has 0 aromatic rings. The van der Waals surface area contributed by atoms with Crippen molar-refractivity contribution in [2.45, 2.75) is 58.2 Å². The van der Waals surface area contributed by atoms with Crippen molar-refractivity contribution >= 4 is 12.2 Å². The highest BCUT2D eigenvalue weighted by atomic mass is 16.6. The molecule has 0 saturated carbocycles. The Morgan fingerprint density at radius 3 is 2.04 bits per heavy atom. The maximum absolute atomic E-state index is 12.0. The lowest BCUT2D eigenvalue weighted by atomic mass is 9.98. The van der Waals surface area contributed by atoms with Crippen LogP contribution in [0.15, 0.2) is 0 Å². The molecule has 2 fully saturated rings. The van der Waals surface area contributed by atoms with Gasteiger partial charge in [0.25, 0.3) is 0 Å². The van der Waals surface area contributed by atoms with Crippen molar-refractivity contribution in [3.8, 4) is 0 Å². The van der Waals surface area contributed by atoms with E-state index in [1.807, 2.05) is 20.8 Å². The van der Waals surface area contributed by atoms with Crippen molar-refractivity contribution in [2.24, 2.45) is 5.92 Å². The molecule has 0 spiro atoms. The second-order valence-electron chi connectivity index (χ2n) is 7.71. The molecule has 7 nitrogen and oxygen atoms in total. The Hall–Kier alpha value is -1.50. The van der Waals surface area contributed by atoms with Crippen LogP contribution in [0.5, 0.6) is 0 Å². The van der Waals surface area contributed by atoms with Gasteiger partial charge in [-0.05, 0) is 52.4 Å². The SMILES string of the molecule is CC(C)(C)OC(=O)N1CCC(OCC2CCN(C(=O)O)CC2)CC1. The van der Waals surface area contributed by atoms with Gasteiger partial charge in [-0.25, -0.2) is 9.59 Å². The molecular formula is C17H30N2O5. The van der Waals surface area contributed by atoms with Gasteiger partial charge in [-0.3, -0.25) is 0 Å². The third-order valence-corrected chi connectivity index (χ3v) is 4.55. The summed E-state index contributed by atoms with van der Waals surface area (Å²) in [6.07, 6.45) is 2.49. The molecule has 0 unspecified atom stereocenters. The number of piperidine rings is 2. The summed E-state index contributed by atoms with van der Waals surface area (Å²) in [5, 5.41) is 8.95. The monoisotopic (exact) mass is 342 g/mol. The summed E-state index contributed by atoms with van der Waals surface area (Å²) in [5.41, 5.74) is -0.463. The first-order chi connectivity index (χ1) is 11.2. The van der Waals surface area contributed by atoms with Gasteiger partial charge < -0.3 is 24.4 Å². The minimum atomic E-state index is -0.830. The predicted octanol–water partition coefficient (Wildman–Crippen LogP) is 2.79. The Bertz CT molecular complexity index is 433. The second kappa shape index (κ2) is 8.05. The minimum Gasteiger partial charge on any atom is -0.465 e. The average Bonchev–Trinajstić information content (AvgIpc) is 2.52. The van der Waals surface area contributed by atoms with Gasteiger partial charge in [-0.15, -0.1) is 0 Å². The Kier molecular flexibility index (Phi) is 6.32. The number of hydrogen-bond acceptors (Lipinski definition) is 4. The van der Waals surface area contributed by atoms with Gasteiger partial charge in [0.15, 0.2) is 0 Å². The highest BCUT2D eigenvalue weighted by Gasteiger charge is 2.28. The fraction of sp³-hybridized carbons (Fsp3) is 0.882. The van der Waals surface area contributed by atoms with Crippen LogP contribution in [0.25, 0.3) is 0 Å². The Labute approximate surface area is 143 Å². The summed E-state index contributed by atoms with van der Waals surface area (Å²) < 4.78 is 11.4. The Morgan fingerprint density at radius 1 is 1.00 bits per heavy atom.